The minimum atomic E-state index is -0.776. The molecule has 2 fully saturated rings. The molecule has 1 aromatic rings. The molecule has 1 saturated carbocycles. The van der Waals surface area contributed by atoms with Crippen molar-refractivity contribution in [3.8, 4) is 0 Å². The van der Waals surface area contributed by atoms with E-state index < -0.39 is 17.5 Å². The molecule has 1 aromatic carbocycles. The highest BCUT2D eigenvalue weighted by molar-refractivity contribution is 5.91. The fourth-order valence-corrected chi connectivity index (χ4v) is 6.57. The predicted octanol–water partition coefficient (Wildman–Crippen LogP) is 2.64. The van der Waals surface area contributed by atoms with Gasteiger partial charge in [-0.15, -0.1) is 0 Å². The van der Waals surface area contributed by atoms with Gasteiger partial charge >= 0.3 is 0 Å². The van der Waals surface area contributed by atoms with Gasteiger partial charge in [0.2, 0.25) is 17.7 Å². The smallest absolute Gasteiger partial charge is 0.245 e. The Balaban J connectivity index is 1.50. The van der Waals surface area contributed by atoms with Gasteiger partial charge in [-0.05, 0) is 70.1 Å². The average molecular weight is 557 g/mol. The molecule has 1 aliphatic carbocycles. The summed E-state index contributed by atoms with van der Waals surface area (Å²) in [7, 11) is 1.92. The van der Waals surface area contributed by atoms with Crippen LogP contribution in [0, 0.1) is 17.2 Å². The topological polar surface area (TPSA) is 93.6 Å². The molecule has 0 radical (unpaired) electrons. The van der Waals surface area contributed by atoms with Crippen LogP contribution in [0.3, 0.4) is 0 Å². The van der Waals surface area contributed by atoms with Gasteiger partial charge in [0, 0.05) is 25.0 Å². The number of carbonyl (C=O) groups is 3. The summed E-state index contributed by atoms with van der Waals surface area (Å²) in [5.74, 6) is -0.286. The molecule has 2 aliphatic heterocycles. The molecular formula is C31H47FN5O3+. The fraction of sp³-hybridized carbons (Fsp3) is 0.677. The first-order valence-electron chi connectivity index (χ1n) is 14.9. The average Bonchev–Trinajstić information content (AvgIpc) is 2.93. The molecule has 0 unspecified atom stereocenters. The van der Waals surface area contributed by atoms with Crippen molar-refractivity contribution in [2.45, 2.75) is 89.8 Å². The number of piperidine rings is 1. The van der Waals surface area contributed by atoms with Gasteiger partial charge in [0.05, 0.1) is 12.0 Å². The minimum Gasteiger partial charge on any atom is -0.351 e. The number of nitrogens with zero attached hydrogens (tertiary/aromatic N) is 2. The zero-order valence-electron chi connectivity index (χ0n) is 24.6. The molecule has 220 valence electrons. The van der Waals surface area contributed by atoms with Gasteiger partial charge < -0.3 is 15.5 Å². The molecular weight excluding hydrogens is 509 g/mol. The molecule has 1 saturated heterocycles. The van der Waals surface area contributed by atoms with Crippen molar-refractivity contribution in [3.05, 3.63) is 35.6 Å². The van der Waals surface area contributed by atoms with E-state index in [1.165, 1.54) is 18.6 Å². The third-order valence-corrected chi connectivity index (χ3v) is 8.82. The van der Waals surface area contributed by atoms with E-state index in [4.69, 9.17) is 0 Å². The third-order valence-electron chi connectivity index (χ3n) is 8.82. The Bertz CT molecular complexity index is 1080. The summed E-state index contributed by atoms with van der Waals surface area (Å²) in [5.41, 5.74) is -0.0251. The maximum atomic E-state index is 13.9. The van der Waals surface area contributed by atoms with Crippen LogP contribution in [-0.2, 0) is 20.8 Å². The van der Waals surface area contributed by atoms with Crippen LogP contribution < -0.4 is 16.0 Å². The van der Waals surface area contributed by atoms with Crippen molar-refractivity contribution < 1.29 is 23.3 Å². The Hall–Kier alpha value is -2.81. The van der Waals surface area contributed by atoms with Gasteiger partial charge in [-0.1, -0.05) is 31.4 Å². The lowest BCUT2D eigenvalue weighted by Crippen LogP contribution is -2.60. The molecule has 2 heterocycles. The lowest BCUT2D eigenvalue weighted by atomic mass is 9.63. The number of carbonyl (C=O) groups excluding carboxylic acids is 3. The van der Waals surface area contributed by atoms with Crippen LogP contribution in [0.5, 0.6) is 0 Å². The monoisotopic (exact) mass is 556 g/mol. The first kappa shape index (κ1) is 30.2. The first-order valence-corrected chi connectivity index (χ1v) is 14.9. The molecule has 3 aliphatic rings. The normalized spacial score (nSPS) is 22.7. The number of amides is 3. The van der Waals surface area contributed by atoms with E-state index in [-0.39, 0.29) is 35.5 Å². The standard InChI is InChI=1S/C31H46FN5O3/c1-30(2,3)35-29(40)31(23-8-6-5-7-9-23)14-17-37(18-15-31)28(39)25(20-22-10-12-24(32)13-11-22)34-27(38)26-21-36(4)19-16-33-26/h10-13,19,23,25-26,33H,5-9,14-18,20-21H2,1-4H3,(H-,34,35,38,40)/p+1/t25-,26+/m1/s1. The Labute approximate surface area is 238 Å². The second-order valence-electron chi connectivity index (χ2n) is 13.0. The van der Waals surface area contributed by atoms with Crippen LogP contribution in [0.25, 0.3) is 0 Å². The quantitative estimate of drug-likeness (QED) is 0.451. The van der Waals surface area contributed by atoms with E-state index in [1.54, 1.807) is 12.1 Å². The second kappa shape index (κ2) is 12.8. The molecule has 0 spiro atoms. The molecule has 8 nitrogen and oxygen atoms in total. The summed E-state index contributed by atoms with van der Waals surface area (Å²) in [5, 5.41) is 9.45. The number of nitrogens with one attached hydrogen (secondary N) is 3. The van der Waals surface area contributed by atoms with Crippen LogP contribution >= 0.6 is 0 Å². The number of likely N-dealkylation sites (tertiary alicyclic amines) is 1. The Morgan fingerprint density at radius 3 is 2.35 bits per heavy atom. The fourth-order valence-electron chi connectivity index (χ4n) is 6.57. The summed E-state index contributed by atoms with van der Waals surface area (Å²) >= 11 is 0. The van der Waals surface area contributed by atoms with Crippen molar-refractivity contribution in [2.75, 3.05) is 33.2 Å². The molecule has 2 atom stereocenters. The van der Waals surface area contributed by atoms with Crippen LogP contribution in [0.4, 0.5) is 4.39 Å². The maximum absolute atomic E-state index is 13.9. The van der Waals surface area contributed by atoms with Crippen molar-refractivity contribution in [1.82, 2.24) is 20.9 Å². The molecule has 4 rings (SSSR count). The number of likely N-dealkylation sites (N-methyl/N-ethyl adjacent to an activating group) is 1. The van der Waals surface area contributed by atoms with Crippen LogP contribution in [0.15, 0.2) is 24.3 Å². The number of rotatable bonds is 7. The van der Waals surface area contributed by atoms with E-state index in [2.05, 4.69) is 16.0 Å². The number of hydrogen-bond acceptors (Lipinski definition) is 4. The van der Waals surface area contributed by atoms with Gasteiger partial charge in [-0.25, -0.2) is 8.97 Å². The van der Waals surface area contributed by atoms with Gasteiger partial charge in [-0.2, -0.15) is 0 Å². The predicted molar refractivity (Wildman–Crippen MR) is 154 cm³/mol. The maximum Gasteiger partial charge on any atom is 0.245 e. The van der Waals surface area contributed by atoms with Crippen LogP contribution in [0.1, 0.15) is 71.3 Å². The lowest BCUT2D eigenvalue weighted by Gasteiger charge is -2.48. The molecule has 3 N–H and O–H groups in total. The highest BCUT2D eigenvalue weighted by Gasteiger charge is 2.49. The minimum absolute atomic E-state index is 0.111. The third kappa shape index (κ3) is 7.47. The van der Waals surface area contributed by atoms with Gasteiger partial charge in [0.15, 0.2) is 12.8 Å². The van der Waals surface area contributed by atoms with Crippen molar-refractivity contribution >= 4 is 23.9 Å². The van der Waals surface area contributed by atoms with Crippen LogP contribution in [0.2, 0.25) is 0 Å². The zero-order chi connectivity index (χ0) is 28.9. The van der Waals surface area contributed by atoms with Gasteiger partial charge in [0.1, 0.15) is 24.9 Å². The largest absolute Gasteiger partial charge is 0.351 e. The SMILES string of the molecule is C[N+]1=CCN[C@H](C(=O)N[C@H](Cc2ccc(F)cc2)C(=O)N2CCC(C(=O)NC(C)(C)C)(C3CCCCC3)CC2)C1. The summed E-state index contributed by atoms with van der Waals surface area (Å²) in [6.45, 7) is 8.08. The number of benzene rings is 1. The Kier molecular flexibility index (Phi) is 9.64. The van der Waals surface area contributed by atoms with Gasteiger partial charge in [-0.3, -0.25) is 19.7 Å². The summed E-state index contributed by atoms with van der Waals surface area (Å²) in [4.78, 5) is 42.7. The molecule has 3 amide bonds. The van der Waals surface area contributed by atoms with E-state index in [0.29, 0.717) is 44.9 Å². The Morgan fingerprint density at radius 2 is 1.75 bits per heavy atom. The van der Waals surface area contributed by atoms with Gasteiger partial charge in [0.25, 0.3) is 0 Å². The highest BCUT2D eigenvalue weighted by atomic mass is 19.1. The van der Waals surface area contributed by atoms with E-state index in [1.807, 2.05) is 43.5 Å². The highest BCUT2D eigenvalue weighted by Crippen LogP contribution is 2.46. The van der Waals surface area contributed by atoms with Crippen LogP contribution in [-0.4, -0.2) is 84.3 Å². The number of hydrogen-bond donors (Lipinski definition) is 3. The Morgan fingerprint density at radius 1 is 1.10 bits per heavy atom. The molecule has 9 heteroatoms. The molecule has 0 aromatic heterocycles. The van der Waals surface area contributed by atoms with E-state index in [9.17, 15) is 18.8 Å². The summed E-state index contributed by atoms with van der Waals surface area (Å²) in [6, 6.07) is 4.86. The second-order valence-corrected chi connectivity index (χ2v) is 13.0. The van der Waals surface area contributed by atoms with E-state index in [0.717, 1.165) is 31.2 Å². The zero-order valence-corrected chi connectivity index (χ0v) is 24.6. The molecule has 40 heavy (non-hydrogen) atoms. The summed E-state index contributed by atoms with van der Waals surface area (Å²) in [6.07, 6.45) is 9.09. The van der Waals surface area contributed by atoms with Crippen molar-refractivity contribution in [2.24, 2.45) is 11.3 Å². The van der Waals surface area contributed by atoms with Crippen molar-refractivity contribution in [1.29, 1.82) is 0 Å². The number of halogens is 1. The van der Waals surface area contributed by atoms with E-state index >= 15 is 0 Å². The molecule has 0 bridgehead atoms. The lowest BCUT2D eigenvalue weighted by molar-refractivity contribution is -0.498. The first-order chi connectivity index (χ1) is 19.0. The van der Waals surface area contributed by atoms with Crippen molar-refractivity contribution in [3.63, 3.8) is 0 Å². The summed E-state index contributed by atoms with van der Waals surface area (Å²) < 4.78 is 15.5.